The second-order valence-corrected chi connectivity index (χ2v) is 34.2. The third-order valence-corrected chi connectivity index (χ3v) is 24.2. The molecule has 4 unspecified atom stereocenters. The minimum Gasteiger partial charge on any atom is -0.408 e. The van der Waals surface area contributed by atoms with Crippen LogP contribution in [0.1, 0.15) is 186 Å². The van der Waals surface area contributed by atoms with Crippen molar-refractivity contribution in [2.24, 2.45) is 0 Å². The number of hydrogen-bond acceptors (Lipinski definition) is 15. The minimum atomic E-state index is -2.28. The van der Waals surface area contributed by atoms with E-state index in [4.69, 9.17) is 37.9 Å². The molecule has 3 N–H and O–H groups in total. The molecule has 19 nitrogen and oxygen atoms in total. The third-order valence-electron chi connectivity index (χ3n) is 12.9. The van der Waals surface area contributed by atoms with Gasteiger partial charge in [-0.1, -0.05) is 83.1 Å². The van der Waals surface area contributed by atoms with Crippen molar-refractivity contribution in [1.82, 2.24) is 23.8 Å². The Bertz CT molecular complexity index is 2340. The van der Waals surface area contributed by atoms with Crippen molar-refractivity contribution in [2.45, 2.75) is 273 Å². The number of rotatable bonds is 18. The first-order chi connectivity index (χ1) is 37.5. The minimum absolute atomic E-state index is 0. The molecule has 0 radical (unpaired) electrons. The van der Waals surface area contributed by atoms with Crippen LogP contribution in [-0.4, -0.2) is 107 Å². The molecule has 0 spiro atoms. The molecule has 4 heterocycles. The molecule has 2 aromatic rings. The summed E-state index contributed by atoms with van der Waals surface area (Å²) in [5, 5.41) is 27.8. The van der Waals surface area contributed by atoms with Crippen molar-refractivity contribution < 1.29 is 70.0 Å². The average molecular weight is 1330 g/mol. The van der Waals surface area contributed by atoms with Crippen molar-refractivity contribution in [2.75, 3.05) is 13.2 Å². The van der Waals surface area contributed by atoms with Gasteiger partial charge in [-0.05, 0) is 90.6 Å². The van der Waals surface area contributed by atoms with Crippen LogP contribution in [0.2, 0.25) is 36.3 Å². The van der Waals surface area contributed by atoms with Gasteiger partial charge in [-0.15, -0.1) is 0 Å². The van der Waals surface area contributed by atoms with Gasteiger partial charge in [0.05, 0.1) is 50.4 Å². The monoisotopic (exact) mass is 1330 g/mol. The molecule has 83 heavy (non-hydrogen) atoms. The summed E-state index contributed by atoms with van der Waals surface area (Å²) < 4.78 is 48.1. The standard InChI is InChI=1S/C26H47N4O6PSi.C17H30N2O5Si.C3H6NOP.4C3H7.2Ni/c1-12-20-21(36-38(10,11)26(7,8)9)22(24(34-20)29-16-19(6)23(31)28-25(29)32)35-37(33-15-13-14-27)30(17(2)3)18(4)5;1-8-11-13(24-25(6,7)17(3,4)5)12(20)15(23-11)19-9-10(2)14(21)18-16(19)22;4-2-1-3-5-6;4*1-3-2;;/h16-18,20-22,24H,12-13,15H2,1-11H3,(H,28,31,32);9,11-13,15,20H,8H2,1-7H3,(H,18,21,22);1,3,6H2;4*1,3H2,2H3;;/q;;;4*-1;2*+2/t20-,21+,22?,24-,37?;11-,12?,13+,15-;;;;;;;/m11......./s1. The Morgan fingerprint density at radius 1 is 0.675 bits per heavy atom. The van der Waals surface area contributed by atoms with Crippen LogP contribution in [0.5, 0.6) is 0 Å². The summed E-state index contributed by atoms with van der Waals surface area (Å²) in [5.41, 5.74) is -1.25. The number of nitriles is 2. The Morgan fingerprint density at radius 3 is 1.34 bits per heavy atom. The Labute approximate surface area is 527 Å². The van der Waals surface area contributed by atoms with Crippen LogP contribution in [0.4, 0.5) is 0 Å². The van der Waals surface area contributed by atoms with E-state index in [9.17, 15) is 24.3 Å². The van der Waals surface area contributed by atoms with Crippen molar-refractivity contribution in [3.63, 3.8) is 0 Å². The van der Waals surface area contributed by atoms with E-state index in [0.29, 0.717) is 37.0 Å². The molecule has 0 aliphatic carbocycles. The largest absolute Gasteiger partial charge is 2.00 e. The third kappa shape index (κ3) is 30.8. The summed E-state index contributed by atoms with van der Waals surface area (Å²) in [6.07, 6.45) is 3.97. The maximum atomic E-state index is 13.0. The van der Waals surface area contributed by atoms with Gasteiger partial charge in [0.25, 0.3) is 19.6 Å². The quantitative estimate of drug-likeness (QED) is 0.0544. The average Bonchev–Trinajstić information content (AvgIpc) is 3.84. The van der Waals surface area contributed by atoms with E-state index in [1.165, 1.54) is 21.5 Å². The first-order valence-corrected chi connectivity index (χ1v) is 36.0. The number of nitrogens with zero attached hydrogens (tertiary/aromatic N) is 5. The van der Waals surface area contributed by atoms with E-state index < -0.39 is 84.5 Å². The molecule has 0 amide bonds. The SMILES string of the molecule is CC[C@H]1O[C@@H](n2cc(C)c(=O)[nH]c2=O)C(O)[C@H]1O[Si](C)(C)C(C)(C)C.CC[C@H]1O[C@@H](n2cc(C)c(=O)[nH]c2=O)C(OP(OCCC#N)N(C(C)C)C(C)C)[C@H]1O[Si](C)(C)C(C)(C)C.N#CCCOP.[CH2-]CC.[CH2-]CC.[CH2-]CC.[CH2-]CC.[Ni+2].[Ni+2]. The summed E-state index contributed by atoms with van der Waals surface area (Å²) >= 11 is 0. The molecule has 488 valence electrons. The molecule has 2 aliphatic rings. The van der Waals surface area contributed by atoms with Gasteiger partial charge in [0.2, 0.25) is 0 Å². The van der Waals surface area contributed by atoms with Crippen LogP contribution in [0.25, 0.3) is 0 Å². The summed E-state index contributed by atoms with van der Waals surface area (Å²) in [6, 6.07) is 4.26. The fraction of sp³-hybridized carbons (Fsp3) is 0.759. The number of H-pyrrole nitrogens is 2. The number of nitrogens with one attached hydrogen (secondary N) is 2. The summed E-state index contributed by atoms with van der Waals surface area (Å²) in [6.45, 7) is 59.8. The van der Waals surface area contributed by atoms with Crippen LogP contribution < -0.4 is 22.5 Å². The second-order valence-electron chi connectivity index (χ2n) is 23.0. The zero-order valence-corrected chi connectivity index (χ0v) is 60.7. The Hall–Kier alpha value is -1.74. The molecule has 0 saturated carbocycles. The molecule has 2 aliphatic heterocycles. The van der Waals surface area contributed by atoms with Gasteiger partial charge in [-0.25, -0.2) is 14.3 Å². The van der Waals surface area contributed by atoms with Crippen LogP contribution in [0, 0.1) is 64.2 Å². The van der Waals surface area contributed by atoms with Crippen LogP contribution in [0.3, 0.4) is 0 Å². The van der Waals surface area contributed by atoms with Gasteiger partial charge >= 0.3 is 44.4 Å². The van der Waals surface area contributed by atoms with Crippen LogP contribution in [-0.2, 0) is 64.9 Å². The Kier molecular flexibility index (Phi) is 49.4. The number of aryl methyl sites for hydroxylation is 2. The number of ether oxygens (including phenoxy) is 2. The fourth-order valence-corrected chi connectivity index (χ4v) is 11.5. The van der Waals surface area contributed by atoms with Crippen molar-refractivity contribution in [3.8, 4) is 12.1 Å². The van der Waals surface area contributed by atoms with Crippen molar-refractivity contribution >= 4 is 34.6 Å². The molecular weight excluding hydrogens is 1220 g/mol. The molecule has 4 rings (SSSR count). The van der Waals surface area contributed by atoms with E-state index in [1.807, 2.05) is 47.6 Å². The summed E-state index contributed by atoms with van der Waals surface area (Å²) in [5.74, 6) is 0. The number of aliphatic hydroxyl groups excluding tert-OH is 1. The molecule has 0 aromatic carbocycles. The molecule has 10 atom stereocenters. The van der Waals surface area contributed by atoms with Crippen molar-refractivity contribution in [1.29, 1.82) is 10.5 Å². The molecule has 2 saturated heterocycles. The van der Waals surface area contributed by atoms with Gasteiger partial charge in [0.1, 0.15) is 24.4 Å². The predicted octanol–water partition coefficient (Wildman–Crippen LogP) is 12.7. The maximum Gasteiger partial charge on any atom is 2.00 e. The first kappa shape index (κ1) is 90.0. The van der Waals surface area contributed by atoms with E-state index in [1.54, 1.807) is 13.8 Å². The van der Waals surface area contributed by atoms with E-state index in [-0.39, 0.29) is 80.4 Å². The number of aromatic nitrogens is 4. The Balaban J connectivity index is -0.000000385. The van der Waals surface area contributed by atoms with Crippen LogP contribution >= 0.6 is 18.0 Å². The molecular formula is C58H111N7Ni2O12P2Si2. The molecule has 2 fully saturated rings. The maximum absolute atomic E-state index is 13.0. The van der Waals surface area contributed by atoms with Gasteiger partial charge in [0.15, 0.2) is 29.1 Å². The Morgan fingerprint density at radius 2 is 1.01 bits per heavy atom. The van der Waals surface area contributed by atoms with Gasteiger partial charge in [-0.3, -0.25) is 28.7 Å². The number of hydrogen-bond donors (Lipinski definition) is 3. The molecule has 25 heteroatoms. The molecule has 0 bridgehead atoms. The zero-order chi connectivity index (χ0) is 63.8. The van der Waals surface area contributed by atoms with E-state index in [0.717, 1.165) is 25.7 Å². The van der Waals surface area contributed by atoms with E-state index in [2.05, 4.69) is 158 Å². The number of aliphatic hydroxyl groups is 1. The van der Waals surface area contributed by atoms with Gasteiger partial charge in [0, 0.05) is 45.1 Å². The van der Waals surface area contributed by atoms with Gasteiger partial charge in [-0.2, -0.15) is 36.2 Å². The fourth-order valence-electron chi connectivity index (χ4n) is 7.03. The smallest absolute Gasteiger partial charge is 0.408 e. The normalized spacial score (nSPS) is 20.4. The van der Waals surface area contributed by atoms with Gasteiger partial charge < -0.3 is 64.7 Å². The first-order valence-electron chi connectivity index (χ1n) is 28.6. The topological polar surface area (TPSA) is 245 Å². The summed E-state index contributed by atoms with van der Waals surface area (Å²) in [7, 11) is -3.96. The summed E-state index contributed by atoms with van der Waals surface area (Å²) in [4.78, 5) is 53.5. The van der Waals surface area contributed by atoms with E-state index >= 15 is 0 Å². The van der Waals surface area contributed by atoms with Crippen molar-refractivity contribution in [3.05, 3.63) is 92.9 Å². The van der Waals surface area contributed by atoms with Crippen LogP contribution in [0.15, 0.2) is 31.6 Å². The molecule has 2 aromatic heterocycles. The second kappa shape index (κ2) is 45.5. The zero-order valence-electron chi connectivity index (χ0n) is 54.7. The predicted molar refractivity (Wildman–Crippen MR) is 339 cm³/mol. The number of aromatic amines is 2.